The van der Waals surface area contributed by atoms with Crippen molar-refractivity contribution in [3.63, 3.8) is 0 Å². The maximum Gasteiger partial charge on any atom is 0.397 e. The van der Waals surface area contributed by atoms with Crippen LogP contribution >= 0.6 is 12.6 Å². The van der Waals surface area contributed by atoms with Crippen molar-refractivity contribution >= 4 is 28.8 Å². The minimum atomic E-state index is -4.38. The molecule has 0 radical (unpaired) electrons. The third-order valence-corrected chi connectivity index (χ3v) is 11.6. The molecule has 32 heavy (non-hydrogen) atoms. The van der Waals surface area contributed by atoms with Gasteiger partial charge < -0.3 is 0 Å². The lowest BCUT2D eigenvalue weighted by Gasteiger charge is -2.61. The molecule has 0 aromatic carbocycles. The normalized spacial score (nSPS) is 44.9. The first-order chi connectivity index (χ1) is 15.0. The average Bonchev–Trinajstić information content (AvgIpc) is 3.08. The summed E-state index contributed by atoms with van der Waals surface area (Å²) in [6.07, 6.45) is 11.3. The molecule has 4 rings (SSSR count). The number of thiol groups is 1. The lowest BCUT2D eigenvalue weighted by molar-refractivity contribution is -0.127. The molecule has 4 aliphatic carbocycles. The topological polar surface area (TPSA) is 80.7 Å². The summed E-state index contributed by atoms with van der Waals surface area (Å²) < 4.78 is 36.6. The fraction of sp³-hybridized carbons (Fsp3) is 0.960. The molecule has 0 aromatic rings. The van der Waals surface area contributed by atoms with Gasteiger partial charge >= 0.3 is 10.4 Å². The van der Waals surface area contributed by atoms with Crippen LogP contribution in [-0.2, 0) is 19.4 Å². The van der Waals surface area contributed by atoms with Crippen LogP contribution in [0.15, 0.2) is 0 Å². The Kier molecular flexibility index (Phi) is 7.16. The van der Waals surface area contributed by atoms with E-state index in [4.69, 9.17) is 8.74 Å². The van der Waals surface area contributed by atoms with Gasteiger partial charge in [-0.2, -0.15) is 21.0 Å². The Morgan fingerprint density at radius 2 is 1.75 bits per heavy atom. The van der Waals surface area contributed by atoms with E-state index < -0.39 is 10.4 Å². The van der Waals surface area contributed by atoms with Gasteiger partial charge in [0.25, 0.3) is 0 Å². The third kappa shape index (κ3) is 4.57. The number of carbonyl (C=O) groups excluding carboxylic acids is 1. The van der Waals surface area contributed by atoms with E-state index in [0.29, 0.717) is 41.3 Å². The number of carbonyl (C=O) groups is 1. The van der Waals surface area contributed by atoms with Gasteiger partial charge in [-0.1, -0.05) is 20.8 Å². The number of fused-ring (bicyclic) bond motifs is 5. The van der Waals surface area contributed by atoms with Gasteiger partial charge in [0.05, 0.1) is 6.10 Å². The zero-order chi connectivity index (χ0) is 23.3. The first kappa shape index (κ1) is 25.0. The van der Waals surface area contributed by atoms with Crippen LogP contribution in [0, 0.1) is 46.3 Å². The fourth-order valence-electron chi connectivity index (χ4n) is 9.12. The van der Waals surface area contributed by atoms with Crippen LogP contribution in [0.2, 0.25) is 0 Å². The highest BCUT2D eigenvalue weighted by Crippen LogP contribution is 2.68. The molecule has 0 saturated heterocycles. The molecule has 0 amide bonds. The maximum atomic E-state index is 11.8. The highest BCUT2D eigenvalue weighted by Gasteiger charge is 2.60. The van der Waals surface area contributed by atoms with Crippen molar-refractivity contribution in [1.82, 2.24) is 0 Å². The zero-order valence-electron chi connectivity index (χ0n) is 20.0. The van der Waals surface area contributed by atoms with Gasteiger partial charge in [0, 0.05) is 12.2 Å². The molecular formula is C25H42O5S2. The Hall–Kier alpha value is -0.110. The molecule has 4 aliphatic rings. The predicted octanol–water partition coefficient (Wildman–Crippen LogP) is 5.75. The predicted molar refractivity (Wildman–Crippen MR) is 129 cm³/mol. The second-order valence-corrected chi connectivity index (χ2v) is 13.4. The molecule has 1 N–H and O–H groups in total. The highest BCUT2D eigenvalue weighted by atomic mass is 32.3. The molecule has 9 atom stereocenters. The van der Waals surface area contributed by atoms with Gasteiger partial charge in [-0.15, -0.1) is 0 Å². The molecule has 0 bridgehead atoms. The van der Waals surface area contributed by atoms with Crippen LogP contribution in [0.5, 0.6) is 0 Å². The highest BCUT2D eigenvalue weighted by molar-refractivity contribution is 7.81. The molecule has 7 heteroatoms. The summed E-state index contributed by atoms with van der Waals surface area (Å²) in [7, 11) is -4.38. The summed E-state index contributed by atoms with van der Waals surface area (Å²) in [5, 5.41) is 0. The largest absolute Gasteiger partial charge is 0.397 e. The van der Waals surface area contributed by atoms with Crippen molar-refractivity contribution in [1.29, 1.82) is 0 Å². The van der Waals surface area contributed by atoms with Gasteiger partial charge in [-0.05, 0) is 111 Å². The number of hydrogen-bond acceptors (Lipinski definition) is 5. The summed E-state index contributed by atoms with van der Waals surface area (Å²) in [6, 6.07) is 0. The van der Waals surface area contributed by atoms with Gasteiger partial charge in [0.15, 0.2) is 0 Å². The van der Waals surface area contributed by atoms with E-state index in [9.17, 15) is 13.2 Å². The lowest BCUT2D eigenvalue weighted by Crippen LogP contribution is -2.54. The van der Waals surface area contributed by atoms with Crippen LogP contribution in [-0.4, -0.2) is 30.6 Å². The van der Waals surface area contributed by atoms with Gasteiger partial charge in [-0.25, -0.2) is 4.18 Å². The van der Waals surface area contributed by atoms with Gasteiger partial charge in [0.1, 0.15) is 5.78 Å². The third-order valence-electron chi connectivity index (χ3n) is 10.7. The van der Waals surface area contributed by atoms with E-state index in [0.717, 1.165) is 43.9 Å². The molecule has 5 nitrogen and oxygen atoms in total. The number of hydrogen-bond donors (Lipinski definition) is 2. The van der Waals surface area contributed by atoms with Crippen LogP contribution in [0.3, 0.4) is 0 Å². The summed E-state index contributed by atoms with van der Waals surface area (Å²) in [5.74, 6) is 4.67. The lowest BCUT2D eigenvalue weighted by atomic mass is 9.44. The van der Waals surface area contributed by atoms with E-state index in [-0.39, 0.29) is 17.3 Å². The molecule has 4 saturated carbocycles. The number of Topliss-reactive ketones (excluding diaryl/α,β-unsaturated/α-hetero) is 1. The molecule has 0 aromatic heterocycles. The average molecular weight is 487 g/mol. The zero-order valence-corrected chi connectivity index (χ0v) is 21.7. The van der Waals surface area contributed by atoms with Gasteiger partial charge in [-0.3, -0.25) is 9.35 Å². The van der Waals surface area contributed by atoms with E-state index in [1.54, 1.807) is 0 Å². The molecule has 184 valence electrons. The Morgan fingerprint density at radius 1 is 1.06 bits per heavy atom. The van der Waals surface area contributed by atoms with Crippen LogP contribution < -0.4 is 0 Å². The van der Waals surface area contributed by atoms with Gasteiger partial charge in [0.2, 0.25) is 0 Å². The van der Waals surface area contributed by atoms with Crippen molar-refractivity contribution in [2.24, 2.45) is 46.3 Å². The Bertz CT molecular complexity index is 813. The minimum absolute atomic E-state index is 0.256. The van der Waals surface area contributed by atoms with E-state index in [2.05, 4.69) is 33.4 Å². The SMILES string of the molecule is C[C@H](CCC(=O)CS)[C@H]1CC[C@H]2[C@@H]3CC[C@@H]4C[C@H](OS(=O)(=O)O)CC[C@]4(C)[C@H]3CC[C@]12C. The quantitative estimate of drug-likeness (QED) is 0.354. The Balaban J connectivity index is 1.45. The number of ketones is 1. The Labute approximate surface area is 200 Å². The van der Waals surface area contributed by atoms with Crippen LogP contribution in [0.1, 0.15) is 91.4 Å². The van der Waals surface area contributed by atoms with E-state index >= 15 is 0 Å². The smallest absolute Gasteiger partial charge is 0.299 e. The number of rotatable bonds is 7. The molecule has 0 aliphatic heterocycles. The standard InChI is InChI=1S/C25H42O5S2/c1-16(4-6-18(26)15-31)21-8-9-22-20-7-5-17-14-19(30-32(27,28)29)10-12-24(17,2)23(20)11-13-25(21,22)3/h16-17,19-23,31H,4-15H2,1-3H3,(H,27,28,29)/t16-,17-,19-,20+,21-,22+,23+,24+,25-/m1/s1. The van der Waals surface area contributed by atoms with Crippen molar-refractivity contribution in [2.45, 2.75) is 97.5 Å². The van der Waals surface area contributed by atoms with Crippen LogP contribution in [0.25, 0.3) is 0 Å². The van der Waals surface area contributed by atoms with E-state index in [1.165, 1.54) is 32.1 Å². The summed E-state index contributed by atoms with van der Waals surface area (Å²) >= 11 is 4.14. The summed E-state index contributed by atoms with van der Waals surface area (Å²) in [6.45, 7) is 7.37. The molecule has 0 spiro atoms. The first-order valence-electron chi connectivity index (χ1n) is 12.8. The van der Waals surface area contributed by atoms with Crippen molar-refractivity contribution in [3.05, 3.63) is 0 Å². The minimum Gasteiger partial charge on any atom is -0.299 e. The second-order valence-electron chi connectivity index (χ2n) is 12.0. The second kappa shape index (κ2) is 9.16. The molecule has 4 fully saturated rings. The molecule has 0 heterocycles. The molecule has 0 unspecified atom stereocenters. The van der Waals surface area contributed by atoms with E-state index in [1.807, 2.05) is 0 Å². The van der Waals surface area contributed by atoms with Crippen molar-refractivity contribution in [2.75, 3.05) is 5.75 Å². The summed E-state index contributed by atoms with van der Waals surface area (Å²) in [4.78, 5) is 11.8. The monoisotopic (exact) mass is 486 g/mol. The van der Waals surface area contributed by atoms with Crippen LogP contribution in [0.4, 0.5) is 0 Å². The molecular weight excluding hydrogens is 444 g/mol. The maximum absolute atomic E-state index is 11.8. The van der Waals surface area contributed by atoms with Crippen molar-refractivity contribution < 1.29 is 21.9 Å². The summed E-state index contributed by atoms with van der Waals surface area (Å²) in [5.41, 5.74) is 0.644. The first-order valence-corrected chi connectivity index (χ1v) is 14.8. The van der Waals surface area contributed by atoms with Crippen molar-refractivity contribution in [3.8, 4) is 0 Å². The fourth-order valence-corrected chi connectivity index (χ4v) is 9.80. The Morgan fingerprint density at radius 3 is 2.44 bits per heavy atom.